The standard InChI is InChI=1S/C23H22BrN5O4/c1-11-14-4-5-29(21(14)27-10-26-11)22-18(30)23(31)9-32-17(19(23)33-22)7-12-2-3-13-8-15(24)20(25)28-16(13)6-12/h2-6,8,10,17-19,22,30-31H,7,9H2,1H3,(H2,25,28)/t17-,18+,19-,22-,23+/m1/s1. The molecule has 33 heavy (non-hydrogen) atoms. The highest BCUT2D eigenvalue weighted by molar-refractivity contribution is 9.10. The molecule has 5 heterocycles. The van der Waals surface area contributed by atoms with E-state index in [2.05, 4.69) is 30.9 Å². The molecular formula is C23H22BrN5O4. The van der Waals surface area contributed by atoms with Gasteiger partial charge >= 0.3 is 0 Å². The van der Waals surface area contributed by atoms with E-state index in [9.17, 15) is 10.2 Å². The molecule has 2 aliphatic rings. The van der Waals surface area contributed by atoms with Gasteiger partial charge in [0.25, 0.3) is 0 Å². The lowest BCUT2D eigenvalue weighted by atomic mass is 9.90. The van der Waals surface area contributed by atoms with Gasteiger partial charge in [-0.05, 0) is 46.6 Å². The third kappa shape index (κ3) is 3.17. The number of nitrogens with zero attached hydrogens (tertiary/aromatic N) is 4. The number of aromatic nitrogens is 4. The molecule has 170 valence electrons. The second-order valence-corrected chi connectivity index (χ2v) is 9.59. The molecule has 4 N–H and O–H groups in total. The molecule has 0 amide bonds. The van der Waals surface area contributed by atoms with Gasteiger partial charge in [0.1, 0.15) is 35.6 Å². The summed E-state index contributed by atoms with van der Waals surface area (Å²) in [6, 6.07) is 9.75. The molecule has 1 aromatic carbocycles. The molecule has 9 nitrogen and oxygen atoms in total. The van der Waals surface area contributed by atoms with Crippen LogP contribution in [0.3, 0.4) is 0 Å². The summed E-state index contributed by atoms with van der Waals surface area (Å²) >= 11 is 3.40. The molecule has 0 radical (unpaired) electrons. The van der Waals surface area contributed by atoms with E-state index < -0.39 is 30.1 Å². The van der Waals surface area contributed by atoms with E-state index in [1.165, 1.54) is 6.33 Å². The van der Waals surface area contributed by atoms with Gasteiger partial charge in [0.05, 0.1) is 28.4 Å². The van der Waals surface area contributed by atoms with Gasteiger partial charge in [-0.2, -0.15) is 0 Å². The number of nitrogen functional groups attached to an aromatic ring is 1. The number of rotatable bonds is 3. The predicted octanol–water partition coefficient (Wildman–Crippen LogP) is 2.26. The van der Waals surface area contributed by atoms with Gasteiger partial charge in [-0.1, -0.05) is 12.1 Å². The lowest BCUT2D eigenvalue weighted by molar-refractivity contribution is -0.0891. The Morgan fingerprint density at radius 2 is 2.12 bits per heavy atom. The molecule has 0 bridgehead atoms. The molecule has 4 aromatic rings. The van der Waals surface area contributed by atoms with Crippen molar-refractivity contribution >= 4 is 43.7 Å². The summed E-state index contributed by atoms with van der Waals surface area (Å²) in [6.45, 7) is 1.89. The van der Waals surface area contributed by atoms with Crippen molar-refractivity contribution in [2.45, 2.75) is 43.5 Å². The van der Waals surface area contributed by atoms with E-state index in [1.807, 2.05) is 37.3 Å². The fourth-order valence-corrected chi connectivity index (χ4v) is 5.25. The van der Waals surface area contributed by atoms with E-state index in [-0.39, 0.29) is 6.61 Å². The predicted molar refractivity (Wildman–Crippen MR) is 124 cm³/mol. The summed E-state index contributed by atoms with van der Waals surface area (Å²) in [4.78, 5) is 13.0. The topological polar surface area (TPSA) is 129 Å². The maximum atomic E-state index is 11.3. The smallest absolute Gasteiger partial charge is 0.164 e. The number of aryl methyl sites for hydroxylation is 1. The number of hydrogen-bond acceptors (Lipinski definition) is 8. The number of fused-ring (bicyclic) bond motifs is 3. The Bertz CT molecular complexity index is 1390. The fraction of sp³-hybridized carbons (Fsp3) is 0.348. The molecule has 3 aromatic heterocycles. The Kier molecular flexibility index (Phi) is 4.72. The maximum absolute atomic E-state index is 11.3. The first-order valence-electron chi connectivity index (χ1n) is 10.7. The summed E-state index contributed by atoms with van der Waals surface area (Å²) in [7, 11) is 0. The molecule has 2 aliphatic heterocycles. The highest BCUT2D eigenvalue weighted by Crippen LogP contribution is 2.45. The zero-order valence-corrected chi connectivity index (χ0v) is 19.3. The third-order valence-electron chi connectivity index (χ3n) is 6.71. The third-order valence-corrected chi connectivity index (χ3v) is 7.34. The van der Waals surface area contributed by atoms with Crippen molar-refractivity contribution in [2.75, 3.05) is 12.3 Å². The van der Waals surface area contributed by atoms with E-state index in [1.54, 1.807) is 10.8 Å². The van der Waals surface area contributed by atoms with E-state index in [0.29, 0.717) is 17.9 Å². The molecule has 10 heteroatoms. The van der Waals surface area contributed by atoms with Crippen LogP contribution in [0, 0.1) is 6.92 Å². The van der Waals surface area contributed by atoms with Crippen molar-refractivity contribution in [1.82, 2.24) is 19.5 Å². The summed E-state index contributed by atoms with van der Waals surface area (Å²) in [6.07, 6.45) is 0.693. The van der Waals surface area contributed by atoms with Crippen LogP contribution in [0.25, 0.3) is 21.9 Å². The molecule has 2 saturated heterocycles. The van der Waals surface area contributed by atoms with Crippen LogP contribution >= 0.6 is 15.9 Å². The largest absolute Gasteiger partial charge is 0.385 e. The average Bonchev–Trinajstić information content (AvgIpc) is 3.42. The van der Waals surface area contributed by atoms with Gasteiger partial charge in [-0.3, -0.25) is 0 Å². The van der Waals surface area contributed by atoms with E-state index in [0.717, 1.165) is 32.0 Å². The molecule has 6 rings (SSSR count). The maximum Gasteiger partial charge on any atom is 0.164 e. The molecule has 5 atom stereocenters. The van der Waals surface area contributed by atoms with Gasteiger partial charge in [0, 0.05) is 23.4 Å². The van der Waals surface area contributed by atoms with Gasteiger partial charge in [-0.15, -0.1) is 0 Å². The Balaban J connectivity index is 1.29. The van der Waals surface area contributed by atoms with Crippen LogP contribution in [0.4, 0.5) is 5.82 Å². The normalized spacial score (nSPS) is 29.2. The number of nitrogens with two attached hydrogens (primary N) is 1. The first-order chi connectivity index (χ1) is 15.8. The number of halogens is 1. The number of ether oxygens (including phenoxy) is 2. The summed E-state index contributed by atoms with van der Waals surface area (Å²) in [5, 5.41) is 24.2. The number of benzene rings is 1. The minimum Gasteiger partial charge on any atom is -0.385 e. The average molecular weight is 512 g/mol. The number of hydrogen-bond donors (Lipinski definition) is 3. The van der Waals surface area contributed by atoms with Crippen LogP contribution < -0.4 is 5.73 Å². The minimum absolute atomic E-state index is 0.0149. The number of aliphatic hydroxyl groups excluding tert-OH is 1. The van der Waals surface area contributed by atoms with Gasteiger partial charge in [0.15, 0.2) is 6.23 Å². The summed E-state index contributed by atoms with van der Waals surface area (Å²) in [5.41, 5.74) is 7.66. The van der Waals surface area contributed by atoms with Crippen LogP contribution in [-0.4, -0.2) is 60.3 Å². The monoisotopic (exact) mass is 511 g/mol. The van der Waals surface area contributed by atoms with E-state index in [4.69, 9.17) is 15.2 Å². The Morgan fingerprint density at radius 1 is 1.27 bits per heavy atom. The van der Waals surface area contributed by atoms with Crippen LogP contribution in [0.1, 0.15) is 17.5 Å². The molecule has 0 spiro atoms. The Hall–Kier alpha value is -2.63. The van der Waals surface area contributed by atoms with E-state index >= 15 is 0 Å². The zero-order chi connectivity index (χ0) is 22.9. The van der Waals surface area contributed by atoms with Gasteiger partial charge in [-0.25, -0.2) is 15.0 Å². The van der Waals surface area contributed by atoms with Crippen LogP contribution in [0.5, 0.6) is 0 Å². The molecule has 0 aliphatic carbocycles. The zero-order valence-electron chi connectivity index (χ0n) is 17.7. The molecule has 0 saturated carbocycles. The van der Waals surface area contributed by atoms with Gasteiger partial charge < -0.3 is 30.0 Å². The highest BCUT2D eigenvalue weighted by Gasteiger charge is 2.62. The second kappa shape index (κ2) is 7.44. The highest BCUT2D eigenvalue weighted by atomic mass is 79.9. The van der Waals surface area contributed by atoms with Crippen LogP contribution in [0.15, 0.2) is 47.3 Å². The fourth-order valence-electron chi connectivity index (χ4n) is 4.91. The Morgan fingerprint density at radius 3 is 2.97 bits per heavy atom. The van der Waals surface area contributed by atoms with Gasteiger partial charge in [0.2, 0.25) is 0 Å². The van der Waals surface area contributed by atoms with Crippen molar-refractivity contribution in [3.63, 3.8) is 0 Å². The SMILES string of the molecule is Cc1ncnc2c1ccn2[C@@H]1O[C@@H]2[C@@H](Cc3ccc4cc(Br)c(N)nc4c3)OC[C@]2(O)[C@H]1O. The lowest BCUT2D eigenvalue weighted by Crippen LogP contribution is -2.48. The molecular weight excluding hydrogens is 490 g/mol. The van der Waals surface area contributed by atoms with Crippen molar-refractivity contribution in [2.24, 2.45) is 0 Å². The van der Waals surface area contributed by atoms with Crippen molar-refractivity contribution in [1.29, 1.82) is 0 Å². The molecule has 0 unspecified atom stereocenters. The first-order valence-corrected chi connectivity index (χ1v) is 11.4. The summed E-state index contributed by atoms with van der Waals surface area (Å²) < 4.78 is 14.6. The quantitative estimate of drug-likeness (QED) is 0.382. The minimum atomic E-state index is -1.52. The Labute approximate surface area is 197 Å². The number of aliphatic hydroxyl groups is 2. The van der Waals surface area contributed by atoms with Crippen LogP contribution in [-0.2, 0) is 15.9 Å². The van der Waals surface area contributed by atoms with Crippen molar-refractivity contribution in [3.05, 3.63) is 58.6 Å². The van der Waals surface area contributed by atoms with Crippen molar-refractivity contribution in [3.8, 4) is 0 Å². The van der Waals surface area contributed by atoms with Crippen LogP contribution in [0.2, 0.25) is 0 Å². The second-order valence-electron chi connectivity index (χ2n) is 8.74. The first kappa shape index (κ1) is 20.9. The number of pyridine rings is 1. The van der Waals surface area contributed by atoms with Crippen molar-refractivity contribution < 1.29 is 19.7 Å². The number of anilines is 1. The summed E-state index contributed by atoms with van der Waals surface area (Å²) in [5.74, 6) is 0.425. The lowest BCUT2D eigenvalue weighted by Gasteiger charge is -2.24. The molecule has 2 fully saturated rings.